The Morgan fingerprint density at radius 3 is 2.62 bits per heavy atom. The van der Waals surface area contributed by atoms with E-state index in [1.165, 1.54) is 32.4 Å². The lowest BCUT2D eigenvalue weighted by Gasteiger charge is -2.15. The summed E-state index contributed by atoms with van der Waals surface area (Å²) in [6.45, 7) is -3.06. The maximum absolute atomic E-state index is 12.8. The standard InChI is InChI=1S/C23H22F2N2O5/c1-30-19-9-5-6-14(21(19)32-23(24)25)10-11-20(28)27-18(22(29)31-2)12-15-13-26-17-8-4-3-7-16(15)17/h3-11,13,18,23,26H,12H2,1-2H3,(H,27,28)/b11-10+/t18-/m1/s1. The fraction of sp³-hybridized carbons (Fsp3) is 0.217. The number of para-hydroxylation sites is 2. The summed E-state index contributed by atoms with van der Waals surface area (Å²) in [7, 11) is 2.55. The second-order valence-electron chi connectivity index (χ2n) is 6.74. The third-order valence-electron chi connectivity index (χ3n) is 4.75. The first kappa shape index (κ1) is 22.8. The van der Waals surface area contributed by atoms with Gasteiger partial charge in [0.05, 0.1) is 14.2 Å². The lowest BCUT2D eigenvalue weighted by Crippen LogP contribution is -2.42. The first-order valence-corrected chi connectivity index (χ1v) is 9.66. The van der Waals surface area contributed by atoms with Crippen molar-refractivity contribution in [2.45, 2.75) is 19.1 Å². The van der Waals surface area contributed by atoms with Crippen LogP contribution in [-0.2, 0) is 20.7 Å². The molecule has 2 N–H and O–H groups in total. The summed E-state index contributed by atoms with van der Waals surface area (Å²) in [5.41, 5.74) is 1.95. The molecule has 9 heteroatoms. The van der Waals surface area contributed by atoms with Crippen LogP contribution < -0.4 is 14.8 Å². The lowest BCUT2D eigenvalue weighted by atomic mass is 10.0. The molecule has 1 aromatic heterocycles. The van der Waals surface area contributed by atoms with Crippen molar-refractivity contribution in [1.82, 2.24) is 10.3 Å². The van der Waals surface area contributed by atoms with E-state index >= 15 is 0 Å². The van der Waals surface area contributed by atoms with Crippen LogP contribution >= 0.6 is 0 Å². The van der Waals surface area contributed by atoms with Gasteiger partial charge in [-0.25, -0.2) is 4.79 Å². The van der Waals surface area contributed by atoms with Crippen molar-refractivity contribution in [2.75, 3.05) is 14.2 Å². The number of aromatic nitrogens is 1. The number of halogens is 2. The van der Waals surface area contributed by atoms with E-state index in [0.717, 1.165) is 22.5 Å². The molecule has 168 valence electrons. The summed E-state index contributed by atoms with van der Waals surface area (Å²) in [5, 5.41) is 3.52. The van der Waals surface area contributed by atoms with Gasteiger partial charge in [-0.1, -0.05) is 30.3 Å². The molecule has 0 spiro atoms. The van der Waals surface area contributed by atoms with Gasteiger partial charge in [-0.15, -0.1) is 0 Å². The van der Waals surface area contributed by atoms with Gasteiger partial charge in [0, 0.05) is 35.2 Å². The first-order chi connectivity index (χ1) is 15.4. The van der Waals surface area contributed by atoms with Crippen LogP contribution in [-0.4, -0.2) is 43.7 Å². The van der Waals surface area contributed by atoms with Crippen LogP contribution in [0.4, 0.5) is 8.78 Å². The maximum atomic E-state index is 12.8. The van der Waals surface area contributed by atoms with Gasteiger partial charge in [0.25, 0.3) is 0 Å². The Bertz CT molecular complexity index is 1130. The summed E-state index contributed by atoms with van der Waals surface area (Å²) < 4.78 is 39.9. The number of esters is 1. The number of benzene rings is 2. The van der Waals surface area contributed by atoms with Crippen LogP contribution in [0.2, 0.25) is 0 Å². The highest BCUT2D eigenvalue weighted by Crippen LogP contribution is 2.33. The lowest BCUT2D eigenvalue weighted by molar-refractivity contribution is -0.144. The Kier molecular flexibility index (Phi) is 7.43. The Morgan fingerprint density at radius 2 is 1.91 bits per heavy atom. The number of carbonyl (C=O) groups excluding carboxylic acids is 2. The minimum atomic E-state index is -3.06. The molecule has 2 aromatic carbocycles. The number of H-pyrrole nitrogens is 1. The molecule has 0 saturated carbocycles. The number of alkyl halides is 2. The molecule has 32 heavy (non-hydrogen) atoms. The van der Waals surface area contributed by atoms with Gasteiger partial charge in [0.15, 0.2) is 11.5 Å². The SMILES string of the molecule is COC(=O)[C@@H](Cc1c[nH]c2ccccc12)NC(=O)/C=C/c1cccc(OC)c1OC(F)F. The van der Waals surface area contributed by atoms with E-state index in [0.29, 0.717) is 0 Å². The van der Waals surface area contributed by atoms with Crippen LogP contribution in [0.5, 0.6) is 11.5 Å². The number of ether oxygens (including phenoxy) is 3. The van der Waals surface area contributed by atoms with Crippen LogP contribution in [0.3, 0.4) is 0 Å². The average Bonchev–Trinajstić information content (AvgIpc) is 3.19. The van der Waals surface area contributed by atoms with Crippen LogP contribution in [0, 0.1) is 0 Å². The number of rotatable bonds is 9. The highest BCUT2D eigenvalue weighted by molar-refractivity contribution is 5.95. The zero-order valence-electron chi connectivity index (χ0n) is 17.4. The van der Waals surface area contributed by atoms with Gasteiger partial charge in [-0.3, -0.25) is 4.79 Å². The predicted molar refractivity (Wildman–Crippen MR) is 115 cm³/mol. The highest BCUT2D eigenvalue weighted by atomic mass is 19.3. The molecule has 3 aromatic rings. The summed E-state index contributed by atoms with van der Waals surface area (Å²) in [5.74, 6) is -1.32. The maximum Gasteiger partial charge on any atom is 0.387 e. The Balaban J connectivity index is 1.77. The van der Waals surface area contributed by atoms with Gasteiger partial charge in [-0.2, -0.15) is 8.78 Å². The molecular formula is C23H22F2N2O5. The minimum Gasteiger partial charge on any atom is -0.493 e. The molecule has 0 bridgehead atoms. The topological polar surface area (TPSA) is 89.7 Å². The molecule has 0 fully saturated rings. The van der Waals surface area contributed by atoms with Crippen LogP contribution in [0.25, 0.3) is 17.0 Å². The number of fused-ring (bicyclic) bond motifs is 1. The molecule has 7 nitrogen and oxygen atoms in total. The smallest absolute Gasteiger partial charge is 0.387 e. The molecule has 0 aliphatic heterocycles. The molecule has 0 aliphatic carbocycles. The second kappa shape index (κ2) is 10.4. The van der Waals surface area contributed by atoms with Gasteiger partial charge < -0.3 is 24.5 Å². The van der Waals surface area contributed by atoms with Crippen molar-refractivity contribution >= 4 is 28.9 Å². The predicted octanol–water partition coefficient (Wildman–Crippen LogP) is 3.69. The van der Waals surface area contributed by atoms with E-state index in [9.17, 15) is 18.4 Å². The third kappa shape index (κ3) is 5.42. The zero-order chi connectivity index (χ0) is 23.1. The largest absolute Gasteiger partial charge is 0.493 e. The normalized spacial score (nSPS) is 12.2. The van der Waals surface area contributed by atoms with Crippen molar-refractivity contribution in [3.05, 3.63) is 65.9 Å². The first-order valence-electron chi connectivity index (χ1n) is 9.66. The Hall–Kier alpha value is -3.88. The minimum absolute atomic E-state index is 0.0969. The van der Waals surface area contributed by atoms with E-state index in [1.54, 1.807) is 12.3 Å². The molecule has 0 aliphatic rings. The Morgan fingerprint density at radius 1 is 1.12 bits per heavy atom. The van der Waals surface area contributed by atoms with Gasteiger partial charge in [-0.05, 0) is 23.8 Å². The molecule has 1 amide bonds. The molecule has 1 atom stereocenters. The second-order valence-corrected chi connectivity index (χ2v) is 6.74. The van der Waals surface area contributed by atoms with Crippen molar-refractivity contribution in [1.29, 1.82) is 0 Å². The number of hydrogen-bond donors (Lipinski definition) is 2. The number of aromatic amines is 1. The zero-order valence-corrected chi connectivity index (χ0v) is 17.4. The number of methoxy groups -OCH3 is 2. The van der Waals surface area contributed by atoms with Crippen molar-refractivity contribution in [2.24, 2.45) is 0 Å². The van der Waals surface area contributed by atoms with Crippen molar-refractivity contribution in [3.63, 3.8) is 0 Å². The van der Waals surface area contributed by atoms with E-state index < -0.39 is 24.5 Å². The third-order valence-corrected chi connectivity index (χ3v) is 4.75. The molecular weight excluding hydrogens is 422 g/mol. The van der Waals surface area contributed by atoms with Crippen LogP contribution in [0.1, 0.15) is 11.1 Å². The molecule has 0 radical (unpaired) electrons. The van der Waals surface area contributed by atoms with E-state index in [2.05, 4.69) is 15.0 Å². The van der Waals surface area contributed by atoms with Crippen LogP contribution in [0.15, 0.2) is 54.7 Å². The van der Waals surface area contributed by atoms with Gasteiger partial charge in [0.1, 0.15) is 6.04 Å². The number of amides is 1. The number of nitrogens with one attached hydrogen (secondary N) is 2. The van der Waals surface area contributed by atoms with Crippen molar-refractivity contribution in [3.8, 4) is 11.5 Å². The Labute approximate surface area is 183 Å². The fourth-order valence-corrected chi connectivity index (χ4v) is 3.28. The summed E-state index contributed by atoms with van der Waals surface area (Å²) in [6.07, 6.45) is 4.40. The molecule has 0 unspecified atom stereocenters. The monoisotopic (exact) mass is 444 g/mol. The fourth-order valence-electron chi connectivity index (χ4n) is 3.28. The van der Waals surface area contributed by atoms with Gasteiger partial charge >= 0.3 is 12.6 Å². The number of carbonyl (C=O) groups is 2. The van der Waals surface area contributed by atoms with E-state index in [-0.39, 0.29) is 23.5 Å². The number of hydrogen-bond acceptors (Lipinski definition) is 5. The molecule has 0 saturated heterocycles. The summed E-state index contributed by atoms with van der Waals surface area (Å²) >= 11 is 0. The van der Waals surface area contributed by atoms with Gasteiger partial charge in [0.2, 0.25) is 5.91 Å². The highest BCUT2D eigenvalue weighted by Gasteiger charge is 2.23. The average molecular weight is 444 g/mol. The molecule has 3 rings (SSSR count). The van der Waals surface area contributed by atoms with E-state index in [1.807, 2.05) is 24.3 Å². The van der Waals surface area contributed by atoms with E-state index in [4.69, 9.17) is 9.47 Å². The summed E-state index contributed by atoms with van der Waals surface area (Å²) in [6, 6.07) is 11.2. The van der Waals surface area contributed by atoms with Crippen molar-refractivity contribution < 1.29 is 32.6 Å². The molecule has 1 heterocycles. The quantitative estimate of drug-likeness (QED) is 0.388. The summed E-state index contributed by atoms with van der Waals surface area (Å²) in [4.78, 5) is 27.9.